The molecular formula is C18H18ClNO. The Morgan fingerprint density at radius 3 is 2.90 bits per heavy atom. The van der Waals surface area contributed by atoms with Gasteiger partial charge in [0.25, 0.3) is 0 Å². The first kappa shape index (κ1) is 14.2. The average Bonchev–Trinajstić information content (AvgIpc) is 2.65. The second-order valence-corrected chi connectivity index (χ2v) is 6.01. The number of para-hydroxylation sites is 1. The van der Waals surface area contributed by atoms with Crippen LogP contribution in [0.3, 0.4) is 0 Å². The highest BCUT2D eigenvalue weighted by Gasteiger charge is 2.21. The van der Waals surface area contributed by atoms with Crippen LogP contribution < -0.4 is 0 Å². The van der Waals surface area contributed by atoms with Crippen LogP contribution in [0.25, 0.3) is 0 Å². The fraction of sp³-hybridized carbons (Fsp3) is 0.278. The number of halogens is 1. The summed E-state index contributed by atoms with van der Waals surface area (Å²) in [5.41, 5.74) is 3.50. The normalized spacial score (nSPS) is 21.4. The SMILES string of the molecule is CC1=CC(Cl)=C(OC2=CCc3ccccc3N=C2)C(C)C1. The summed E-state index contributed by atoms with van der Waals surface area (Å²) in [5.74, 6) is 1.90. The quantitative estimate of drug-likeness (QED) is 0.728. The molecule has 1 aromatic rings. The van der Waals surface area contributed by atoms with E-state index in [0.29, 0.717) is 11.0 Å². The Morgan fingerprint density at radius 1 is 1.29 bits per heavy atom. The number of hydrogen-bond donors (Lipinski definition) is 0. The summed E-state index contributed by atoms with van der Waals surface area (Å²) in [6.45, 7) is 4.23. The van der Waals surface area contributed by atoms with Gasteiger partial charge in [-0.25, -0.2) is 0 Å². The number of fused-ring (bicyclic) bond motifs is 1. The van der Waals surface area contributed by atoms with Crippen molar-refractivity contribution in [1.29, 1.82) is 0 Å². The number of rotatable bonds is 2. The molecule has 108 valence electrons. The van der Waals surface area contributed by atoms with Gasteiger partial charge in [0.1, 0.15) is 11.5 Å². The lowest BCUT2D eigenvalue weighted by molar-refractivity contribution is 0.274. The van der Waals surface area contributed by atoms with E-state index in [4.69, 9.17) is 16.3 Å². The third-order valence-corrected chi connectivity index (χ3v) is 4.05. The lowest BCUT2D eigenvalue weighted by Gasteiger charge is -2.22. The highest BCUT2D eigenvalue weighted by atomic mass is 35.5. The zero-order valence-corrected chi connectivity index (χ0v) is 13.0. The molecule has 0 spiro atoms. The highest BCUT2D eigenvalue weighted by molar-refractivity contribution is 6.31. The van der Waals surface area contributed by atoms with Crippen LogP contribution in [0.4, 0.5) is 5.69 Å². The smallest absolute Gasteiger partial charge is 0.141 e. The molecule has 1 unspecified atom stereocenters. The van der Waals surface area contributed by atoms with Crippen molar-refractivity contribution in [2.45, 2.75) is 26.7 Å². The molecule has 0 bridgehead atoms. The van der Waals surface area contributed by atoms with Crippen molar-refractivity contribution in [3.05, 3.63) is 64.1 Å². The van der Waals surface area contributed by atoms with Gasteiger partial charge in [0.15, 0.2) is 0 Å². The van der Waals surface area contributed by atoms with Gasteiger partial charge >= 0.3 is 0 Å². The van der Waals surface area contributed by atoms with E-state index in [9.17, 15) is 0 Å². The third-order valence-electron chi connectivity index (χ3n) is 3.76. The first-order chi connectivity index (χ1) is 10.1. The summed E-state index contributed by atoms with van der Waals surface area (Å²) in [7, 11) is 0. The molecule has 3 heteroatoms. The minimum Gasteiger partial charge on any atom is -0.459 e. The molecule has 0 N–H and O–H groups in total. The Bertz CT molecular complexity index is 682. The molecule has 0 saturated carbocycles. The molecule has 1 heterocycles. The summed E-state index contributed by atoms with van der Waals surface area (Å²) in [4.78, 5) is 4.50. The third kappa shape index (κ3) is 3.11. The van der Waals surface area contributed by atoms with Gasteiger partial charge in [-0.15, -0.1) is 0 Å². The van der Waals surface area contributed by atoms with Gasteiger partial charge < -0.3 is 4.74 Å². The van der Waals surface area contributed by atoms with E-state index in [1.54, 1.807) is 6.21 Å². The van der Waals surface area contributed by atoms with Gasteiger partial charge in [0.2, 0.25) is 0 Å². The molecule has 1 aliphatic carbocycles. The van der Waals surface area contributed by atoms with E-state index >= 15 is 0 Å². The number of allylic oxidation sites excluding steroid dienone is 6. The lowest BCUT2D eigenvalue weighted by Crippen LogP contribution is -2.10. The fourth-order valence-electron chi connectivity index (χ4n) is 2.71. The van der Waals surface area contributed by atoms with Crippen molar-refractivity contribution in [2.75, 3.05) is 0 Å². The van der Waals surface area contributed by atoms with E-state index < -0.39 is 0 Å². The largest absolute Gasteiger partial charge is 0.459 e. The van der Waals surface area contributed by atoms with Gasteiger partial charge in [-0.2, -0.15) is 0 Å². The monoisotopic (exact) mass is 299 g/mol. The molecule has 1 aliphatic heterocycles. The van der Waals surface area contributed by atoms with Crippen LogP contribution in [0.5, 0.6) is 0 Å². The molecule has 21 heavy (non-hydrogen) atoms. The van der Waals surface area contributed by atoms with E-state index in [1.807, 2.05) is 24.3 Å². The van der Waals surface area contributed by atoms with Crippen LogP contribution in [0.1, 0.15) is 25.8 Å². The van der Waals surface area contributed by atoms with Gasteiger partial charge in [-0.3, -0.25) is 4.99 Å². The van der Waals surface area contributed by atoms with Gasteiger partial charge in [0.05, 0.1) is 16.9 Å². The molecule has 0 radical (unpaired) electrons. The summed E-state index contributed by atoms with van der Waals surface area (Å²) >= 11 is 6.33. The molecule has 3 rings (SSSR count). The Balaban J connectivity index is 1.84. The lowest BCUT2D eigenvalue weighted by atomic mass is 9.95. The van der Waals surface area contributed by atoms with Crippen LogP contribution in [0, 0.1) is 5.92 Å². The average molecular weight is 300 g/mol. The Kier molecular flexibility index (Phi) is 3.98. The maximum Gasteiger partial charge on any atom is 0.141 e. The summed E-state index contributed by atoms with van der Waals surface area (Å²) in [6.07, 6.45) is 7.63. The molecular weight excluding hydrogens is 282 g/mol. The Morgan fingerprint density at radius 2 is 2.10 bits per heavy atom. The maximum absolute atomic E-state index is 6.33. The van der Waals surface area contributed by atoms with Crippen molar-refractivity contribution in [2.24, 2.45) is 10.9 Å². The first-order valence-corrected chi connectivity index (χ1v) is 7.58. The molecule has 1 atom stereocenters. The van der Waals surface area contributed by atoms with Crippen molar-refractivity contribution < 1.29 is 4.74 Å². The van der Waals surface area contributed by atoms with Crippen molar-refractivity contribution >= 4 is 23.5 Å². The van der Waals surface area contributed by atoms with Crippen molar-refractivity contribution in [1.82, 2.24) is 0 Å². The van der Waals surface area contributed by atoms with Crippen LogP contribution in [0.2, 0.25) is 0 Å². The Labute approximate surface area is 130 Å². The van der Waals surface area contributed by atoms with Crippen LogP contribution in [-0.2, 0) is 11.2 Å². The van der Waals surface area contributed by atoms with E-state index in [0.717, 1.165) is 30.0 Å². The first-order valence-electron chi connectivity index (χ1n) is 7.20. The minimum atomic E-state index is 0.294. The highest BCUT2D eigenvalue weighted by Crippen LogP contribution is 2.33. The van der Waals surface area contributed by atoms with Gasteiger partial charge in [-0.05, 0) is 43.5 Å². The zero-order chi connectivity index (χ0) is 14.8. The summed E-state index contributed by atoms with van der Waals surface area (Å²) in [5, 5.41) is 0.697. The maximum atomic E-state index is 6.33. The molecule has 0 fully saturated rings. The van der Waals surface area contributed by atoms with Gasteiger partial charge in [-0.1, -0.05) is 42.3 Å². The predicted octanol–water partition coefficient (Wildman–Crippen LogP) is 5.28. The summed E-state index contributed by atoms with van der Waals surface area (Å²) in [6, 6.07) is 8.14. The minimum absolute atomic E-state index is 0.294. The van der Waals surface area contributed by atoms with E-state index in [-0.39, 0.29) is 0 Å². The summed E-state index contributed by atoms with van der Waals surface area (Å²) < 4.78 is 6.03. The van der Waals surface area contributed by atoms with Crippen LogP contribution in [0.15, 0.2) is 63.5 Å². The number of ether oxygens (including phenoxy) is 1. The molecule has 2 aliphatic rings. The zero-order valence-electron chi connectivity index (χ0n) is 12.3. The number of hydrogen-bond acceptors (Lipinski definition) is 2. The standard InChI is InChI=1S/C18H18ClNO/c1-12-9-13(2)18(16(19)10-12)21-15-8-7-14-5-3-4-6-17(14)20-11-15/h3-6,8,10-11,13H,7,9H2,1-2H3. The molecule has 0 amide bonds. The van der Waals surface area contributed by atoms with Crippen molar-refractivity contribution in [3.63, 3.8) is 0 Å². The number of aliphatic imine (C=N–C) groups is 1. The molecule has 0 aromatic heterocycles. The van der Waals surface area contributed by atoms with E-state index in [1.165, 1.54) is 11.1 Å². The number of benzene rings is 1. The molecule has 0 saturated heterocycles. The van der Waals surface area contributed by atoms with Gasteiger partial charge in [0, 0.05) is 5.92 Å². The predicted molar refractivity (Wildman–Crippen MR) is 87.9 cm³/mol. The molecule has 2 nitrogen and oxygen atoms in total. The fourth-order valence-corrected chi connectivity index (χ4v) is 3.12. The second-order valence-electron chi connectivity index (χ2n) is 5.61. The second kappa shape index (κ2) is 5.90. The molecule has 1 aromatic carbocycles. The van der Waals surface area contributed by atoms with E-state index in [2.05, 4.69) is 31.0 Å². The van der Waals surface area contributed by atoms with Crippen LogP contribution in [-0.4, -0.2) is 6.21 Å². The Hall–Kier alpha value is -1.80. The topological polar surface area (TPSA) is 21.6 Å². The van der Waals surface area contributed by atoms with Crippen molar-refractivity contribution in [3.8, 4) is 0 Å². The van der Waals surface area contributed by atoms with Crippen LogP contribution >= 0.6 is 11.6 Å². The number of nitrogens with zero attached hydrogens (tertiary/aromatic N) is 1.